The van der Waals surface area contributed by atoms with E-state index in [2.05, 4.69) is 48.0 Å². The van der Waals surface area contributed by atoms with Gasteiger partial charge in [-0.2, -0.15) is 0 Å². The SMILES string of the molecule is Cc1ccc(C(CN)C(O)c2ccc(C)c(Br)c2)cc1C. The number of hydrogen-bond donors (Lipinski definition) is 2. The molecule has 0 aliphatic rings. The first kappa shape index (κ1) is 16.2. The molecule has 0 aliphatic heterocycles. The molecule has 3 heteroatoms. The van der Waals surface area contributed by atoms with Crippen LogP contribution in [0.4, 0.5) is 0 Å². The summed E-state index contributed by atoms with van der Waals surface area (Å²) >= 11 is 3.52. The Balaban J connectivity index is 2.35. The standard InChI is InChI=1S/C18H22BrNO/c1-11-4-6-14(8-13(11)3)16(10-20)18(21)15-7-5-12(2)17(19)9-15/h4-9,16,18,21H,10,20H2,1-3H3. The lowest BCUT2D eigenvalue weighted by Crippen LogP contribution is -2.20. The molecule has 0 fully saturated rings. The van der Waals surface area contributed by atoms with Crippen molar-refractivity contribution in [3.05, 3.63) is 68.7 Å². The lowest BCUT2D eigenvalue weighted by Gasteiger charge is -2.23. The van der Waals surface area contributed by atoms with Crippen LogP contribution in [-0.4, -0.2) is 11.7 Å². The minimum absolute atomic E-state index is 0.0982. The third kappa shape index (κ3) is 3.54. The molecule has 0 saturated carbocycles. The number of hydrogen-bond acceptors (Lipinski definition) is 2. The fraction of sp³-hybridized carbons (Fsp3) is 0.333. The summed E-state index contributed by atoms with van der Waals surface area (Å²) < 4.78 is 1.01. The van der Waals surface area contributed by atoms with Gasteiger partial charge in [-0.25, -0.2) is 0 Å². The highest BCUT2D eigenvalue weighted by atomic mass is 79.9. The van der Waals surface area contributed by atoms with Crippen LogP contribution in [0, 0.1) is 20.8 Å². The summed E-state index contributed by atoms with van der Waals surface area (Å²) in [5.74, 6) is -0.0982. The van der Waals surface area contributed by atoms with Gasteiger partial charge in [0.2, 0.25) is 0 Å². The summed E-state index contributed by atoms with van der Waals surface area (Å²) in [5.41, 5.74) is 11.5. The van der Waals surface area contributed by atoms with Crippen molar-refractivity contribution in [2.24, 2.45) is 5.73 Å². The lowest BCUT2D eigenvalue weighted by atomic mass is 9.87. The molecule has 3 N–H and O–H groups in total. The zero-order chi connectivity index (χ0) is 15.6. The van der Waals surface area contributed by atoms with E-state index in [9.17, 15) is 5.11 Å². The summed E-state index contributed by atoms with van der Waals surface area (Å²) in [7, 11) is 0. The average molecular weight is 348 g/mol. The van der Waals surface area contributed by atoms with Gasteiger partial charge in [-0.1, -0.05) is 46.3 Å². The van der Waals surface area contributed by atoms with E-state index < -0.39 is 6.10 Å². The molecule has 2 aromatic carbocycles. The highest BCUT2D eigenvalue weighted by Crippen LogP contribution is 2.33. The van der Waals surface area contributed by atoms with Crippen LogP contribution in [-0.2, 0) is 0 Å². The van der Waals surface area contributed by atoms with E-state index >= 15 is 0 Å². The minimum Gasteiger partial charge on any atom is -0.388 e. The van der Waals surface area contributed by atoms with Crippen LogP contribution >= 0.6 is 15.9 Å². The fourth-order valence-corrected chi connectivity index (χ4v) is 2.86. The van der Waals surface area contributed by atoms with Crippen LogP contribution in [0.25, 0.3) is 0 Å². The van der Waals surface area contributed by atoms with Crippen molar-refractivity contribution in [2.75, 3.05) is 6.54 Å². The first-order valence-electron chi connectivity index (χ1n) is 7.15. The van der Waals surface area contributed by atoms with Crippen molar-refractivity contribution in [2.45, 2.75) is 32.8 Å². The van der Waals surface area contributed by atoms with Crippen molar-refractivity contribution >= 4 is 15.9 Å². The van der Waals surface area contributed by atoms with Crippen molar-refractivity contribution < 1.29 is 5.11 Å². The molecule has 0 radical (unpaired) electrons. The zero-order valence-electron chi connectivity index (χ0n) is 12.7. The molecular formula is C18H22BrNO. The Bertz CT molecular complexity index is 639. The highest BCUT2D eigenvalue weighted by molar-refractivity contribution is 9.10. The van der Waals surface area contributed by atoms with Gasteiger partial charge in [0.25, 0.3) is 0 Å². The Morgan fingerprint density at radius 2 is 1.57 bits per heavy atom. The summed E-state index contributed by atoms with van der Waals surface area (Å²) in [6.07, 6.45) is -0.603. The number of halogens is 1. The maximum Gasteiger partial charge on any atom is 0.0871 e. The molecule has 21 heavy (non-hydrogen) atoms. The van der Waals surface area contributed by atoms with Crippen molar-refractivity contribution in [1.29, 1.82) is 0 Å². The molecule has 0 aromatic heterocycles. The van der Waals surface area contributed by atoms with Gasteiger partial charge in [-0.15, -0.1) is 0 Å². The first-order chi connectivity index (χ1) is 9.93. The molecule has 0 heterocycles. The molecule has 0 spiro atoms. The van der Waals surface area contributed by atoms with E-state index in [0.29, 0.717) is 6.54 Å². The van der Waals surface area contributed by atoms with Crippen LogP contribution in [0.3, 0.4) is 0 Å². The van der Waals surface area contributed by atoms with Gasteiger partial charge in [-0.05, 0) is 54.7 Å². The second-order valence-electron chi connectivity index (χ2n) is 5.64. The molecule has 2 rings (SSSR count). The Labute approximate surface area is 135 Å². The van der Waals surface area contributed by atoms with Gasteiger partial charge in [0.1, 0.15) is 0 Å². The third-order valence-corrected chi connectivity index (χ3v) is 4.99. The van der Waals surface area contributed by atoms with E-state index in [1.165, 1.54) is 11.1 Å². The van der Waals surface area contributed by atoms with E-state index in [0.717, 1.165) is 21.2 Å². The number of aliphatic hydroxyl groups excluding tert-OH is 1. The number of nitrogens with two attached hydrogens (primary N) is 1. The first-order valence-corrected chi connectivity index (χ1v) is 7.94. The molecule has 2 aromatic rings. The summed E-state index contributed by atoms with van der Waals surface area (Å²) in [5, 5.41) is 10.7. The van der Waals surface area contributed by atoms with Crippen LogP contribution in [0.15, 0.2) is 40.9 Å². The van der Waals surface area contributed by atoms with Gasteiger partial charge < -0.3 is 10.8 Å². The average Bonchev–Trinajstić information content (AvgIpc) is 2.46. The van der Waals surface area contributed by atoms with Gasteiger partial charge in [0.05, 0.1) is 6.10 Å². The zero-order valence-corrected chi connectivity index (χ0v) is 14.3. The molecule has 0 amide bonds. The number of benzene rings is 2. The molecule has 2 nitrogen and oxygen atoms in total. The predicted molar refractivity (Wildman–Crippen MR) is 91.6 cm³/mol. The van der Waals surface area contributed by atoms with Crippen molar-refractivity contribution in [3.63, 3.8) is 0 Å². The maximum atomic E-state index is 10.7. The number of aryl methyl sites for hydroxylation is 3. The quantitative estimate of drug-likeness (QED) is 0.872. The predicted octanol–water partition coefficient (Wildman–Crippen LogP) is 4.15. The molecular weight excluding hydrogens is 326 g/mol. The Morgan fingerprint density at radius 1 is 0.952 bits per heavy atom. The van der Waals surface area contributed by atoms with Crippen LogP contribution < -0.4 is 5.73 Å². The maximum absolute atomic E-state index is 10.7. The van der Waals surface area contributed by atoms with E-state index in [1.807, 2.05) is 25.1 Å². The molecule has 0 aliphatic carbocycles. The van der Waals surface area contributed by atoms with Gasteiger partial charge in [-0.3, -0.25) is 0 Å². The molecule has 112 valence electrons. The van der Waals surface area contributed by atoms with Crippen molar-refractivity contribution in [3.8, 4) is 0 Å². The largest absolute Gasteiger partial charge is 0.388 e. The third-order valence-electron chi connectivity index (χ3n) is 4.13. The Morgan fingerprint density at radius 3 is 2.14 bits per heavy atom. The topological polar surface area (TPSA) is 46.2 Å². The van der Waals surface area contributed by atoms with E-state index in [4.69, 9.17) is 5.73 Å². The van der Waals surface area contributed by atoms with E-state index in [1.54, 1.807) is 0 Å². The summed E-state index contributed by atoms with van der Waals surface area (Å²) in [4.78, 5) is 0. The summed E-state index contributed by atoms with van der Waals surface area (Å²) in [6, 6.07) is 12.2. The Hall–Kier alpha value is -1.16. The fourth-order valence-electron chi connectivity index (χ4n) is 2.47. The van der Waals surface area contributed by atoms with Gasteiger partial charge in [0.15, 0.2) is 0 Å². The number of rotatable bonds is 4. The highest BCUT2D eigenvalue weighted by Gasteiger charge is 2.22. The minimum atomic E-state index is -0.603. The number of aliphatic hydroxyl groups is 1. The van der Waals surface area contributed by atoms with Crippen LogP contribution in [0.1, 0.15) is 39.8 Å². The monoisotopic (exact) mass is 347 g/mol. The second kappa shape index (κ2) is 6.73. The molecule has 2 unspecified atom stereocenters. The Kier molecular flexibility index (Phi) is 5.20. The van der Waals surface area contributed by atoms with Crippen LogP contribution in [0.2, 0.25) is 0 Å². The van der Waals surface area contributed by atoms with Gasteiger partial charge in [0, 0.05) is 16.9 Å². The molecule has 0 bridgehead atoms. The van der Waals surface area contributed by atoms with E-state index in [-0.39, 0.29) is 5.92 Å². The smallest absolute Gasteiger partial charge is 0.0871 e. The molecule has 0 saturated heterocycles. The summed E-state index contributed by atoms with van der Waals surface area (Å²) in [6.45, 7) is 6.62. The second-order valence-corrected chi connectivity index (χ2v) is 6.49. The van der Waals surface area contributed by atoms with Crippen LogP contribution in [0.5, 0.6) is 0 Å². The van der Waals surface area contributed by atoms with Crippen molar-refractivity contribution in [1.82, 2.24) is 0 Å². The lowest BCUT2D eigenvalue weighted by molar-refractivity contribution is 0.147. The molecule has 2 atom stereocenters. The normalized spacial score (nSPS) is 14.0. The van der Waals surface area contributed by atoms with Gasteiger partial charge >= 0.3 is 0 Å².